The van der Waals surface area contributed by atoms with Crippen molar-refractivity contribution in [2.45, 2.75) is 25.4 Å². The van der Waals surface area contributed by atoms with Gasteiger partial charge in [0.1, 0.15) is 5.69 Å². The molecule has 1 amide bonds. The number of carbonyl (C=O) groups excluding carboxylic acids is 1. The highest BCUT2D eigenvalue weighted by Gasteiger charge is 2.37. The van der Waals surface area contributed by atoms with Crippen LogP contribution in [0.5, 0.6) is 0 Å². The maximum Gasteiger partial charge on any atom is 0.273 e. The van der Waals surface area contributed by atoms with E-state index in [9.17, 15) is 9.90 Å². The number of rotatable bonds is 6. The summed E-state index contributed by atoms with van der Waals surface area (Å²) in [5.74, 6) is 0.326. The number of amides is 1. The molecule has 0 saturated heterocycles. The van der Waals surface area contributed by atoms with E-state index in [0.29, 0.717) is 18.2 Å². The molecule has 1 aliphatic carbocycles. The van der Waals surface area contributed by atoms with Crippen molar-refractivity contribution >= 4 is 17.2 Å². The zero-order valence-electron chi connectivity index (χ0n) is 11.7. The third-order valence-electron chi connectivity index (χ3n) is 3.86. The summed E-state index contributed by atoms with van der Waals surface area (Å²) in [4.78, 5) is 18.6. The Morgan fingerprint density at radius 2 is 2.14 bits per heavy atom. The molecule has 1 aliphatic rings. The number of nitrogens with zero attached hydrogens (tertiary/aromatic N) is 2. The number of hydrogen-bond donors (Lipinski definition) is 1. The van der Waals surface area contributed by atoms with Crippen LogP contribution in [0.4, 0.5) is 0 Å². The number of aliphatic hydroxyl groups excluding tert-OH is 1. The third kappa shape index (κ3) is 3.31. The normalized spacial score (nSPS) is 15.7. The van der Waals surface area contributed by atoms with E-state index in [1.54, 1.807) is 15.8 Å². The molecule has 0 radical (unpaired) electrons. The Morgan fingerprint density at radius 3 is 2.71 bits per heavy atom. The van der Waals surface area contributed by atoms with Gasteiger partial charge in [0.15, 0.2) is 0 Å². The van der Waals surface area contributed by atoms with Crippen LogP contribution in [0.1, 0.15) is 28.9 Å². The fourth-order valence-electron chi connectivity index (χ4n) is 2.57. The molecule has 21 heavy (non-hydrogen) atoms. The van der Waals surface area contributed by atoms with Crippen molar-refractivity contribution in [3.8, 4) is 0 Å². The topological polar surface area (TPSA) is 53.4 Å². The molecule has 4 nitrogen and oxygen atoms in total. The van der Waals surface area contributed by atoms with Gasteiger partial charge in [-0.15, -0.1) is 11.3 Å². The highest BCUT2D eigenvalue weighted by atomic mass is 32.1. The van der Waals surface area contributed by atoms with Crippen molar-refractivity contribution in [1.82, 2.24) is 9.88 Å². The first-order chi connectivity index (χ1) is 10.3. The Kier molecular flexibility index (Phi) is 4.31. The summed E-state index contributed by atoms with van der Waals surface area (Å²) in [5.41, 5.74) is 3.20. The van der Waals surface area contributed by atoms with Crippen molar-refractivity contribution in [2.75, 3.05) is 6.61 Å². The molecule has 1 atom stereocenters. The largest absolute Gasteiger partial charge is 0.394 e. The molecule has 1 N–H and O–H groups in total. The molecular weight excluding hydrogens is 284 g/mol. The van der Waals surface area contributed by atoms with Gasteiger partial charge in [-0.3, -0.25) is 4.79 Å². The van der Waals surface area contributed by atoms with E-state index in [-0.39, 0.29) is 18.6 Å². The standard InChI is InChI=1S/C16H18N2O2S/c19-9-15(13-6-7-13)18(8-12-4-2-1-3-5-12)16(20)14-10-21-11-17-14/h1-5,10-11,13,15,19H,6-9H2/t15-/m0/s1. The van der Waals surface area contributed by atoms with Crippen molar-refractivity contribution in [3.05, 3.63) is 52.5 Å². The molecule has 1 heterocycles. The Bertz CT molecular complexity index is 582. The quantitative estimate of drug-likeness (QED) is 0.892. The van der Waals surface area contributed by atoms with Gasteiger partial charge in [-0.05, 0) is 24.3 Å². The van der Waals surface area contributed by atoms with E-state index in [1.807, 2.05) is 30.3 Å². The second kappa shape index (κ2) is 6.37. The molecular formula is C16H18N2O2S. The number of benzene rings is 1. The van der Waals surface area contributed by atoms with Crippen molar-refractivity contribution in [3.63, 3.8) is 0 Å². The van der Waals surface area contributed by atoms with Gasteiger partial charge < -0.3 is 10.0 Å². The highest BCUT2D eigenvalue weighted by molar-refractivity contribution is 7.07. The van der Waals surface area contributed by atoms with Gasteiger partial charge in [0, 0.05) is 11.9 Å². The summed E-state index contributed by atoms with van der Waals surface area (Å²) >= 11 is 1.41. The van der Waals surface area contributed by atoms with E-state index in [4.69, 9.17) is 0 Å². The van der Waals surface area contributed by atoms with Crippen LogP contribution in [-0.4, -0.2) is 33.5 Å². The van der Waals surface area contributed by atoms with E-state index < -0.39 is 0 Å². The summed E-state index contributed by atoms with van der Waals surface area (Å²) in [6, 6.07) is 9.78. The fraction of sp³-hybridized carbons (Fsp3) is 0.375. The maximum absolute atomic E-state index is 12.7. The first kappa shape index (κ1) is 14.2. The zero-order chi connectivity index (χ0) is 14.7. The van der Waals surface area contributed by atoms with Crippen LogP contribution in [0, 0.1) is 5.92 Å². The molecule has 1 aromatic carbocycles. The van der Waals surface area contributed by atoms with Gasteiger partial charge in [-0.25, -0.2) is 4.98 Å². The van der Waals surface area contributed by atoms with Crippen LogP contribution >= 0.6 is 11.3 Å². The third-order valence-corrected chi connectivity index (χ3v) is 4.45. The van der Waals surface area contributed by atoms with E-state index in [2.05, 4.69) is 4.98 Å². The van der Waals surface area contributed by atoms with Crippen LogP contribution in [0.2, 0.25) is 0 Å². The van der Waals surface area contributed by atoms with Crippen LogP contribution in [0.15, 0.2) is 41.2 Å². The Labute approximate surface area is 128 Å². The molecule has 1 fully saturated rings. The average molecular weight is 302 g/mol. The number of aliphatic hydroxyl groups is 1. The number of thiazole rings is 1. The summed E-state index contributed by atoms with van der Waals surface area (Å²) < 4.78 is 0. The second-order valence-electron chi connectivity index (χ2n) is 5.38. The number of carbonyl (C=O) groups is 1. The minimum Gasteiger partial charge on any atom is -0.394 e. The predicted octanol–water partition coefficient (Wildman–Crippen LogP) is 2.56. The molecule has 1 saturated carbocycles. The Hall–Kier alpha value is -1.72. The van der Waals surface area contributed by atoms with Crippen LogP contribution in [0.25, 0.3) is 0 Å². The van der Waals surface area contributed by atoms with Gasteiger partial charge in [0.25, 0.3) is 5.91 Å². The van der Waals surface area contributed by atoms with Crippen molar-refractivity contribution < 1.29 is 9.90 Å². The zero-order valence-corrected chi connectivity index (χ0v) is 12.5. The molecule has 110 valence electrons. The van der Waals surface area contributed by atoms with Gasteiger partial charge in [0.2, 0.25) is 0 Å². The summed E-state index contributed by atoms with van der Waals surface area (Å²) in [6.45, 7) is 0.520. The van der Waals surface area contributed by atoms with Gasteiger partial charge in [0.05, 0.1) is 18.2 Å². The molecule has 0 bridgehead atoms. The second-order valence-corrected chi connectivity index (χ2v) is 6.10. The van der Waals surface area contributed by atoms with Crippen LogP contribution in [-0.2, 0) is 6.54 Å². The lowest BCUT2D eigenvalue weighted by Gasteiger charge is -2.30. The highest BCUT2D eigenvalue weighted by Crippen LogP contribution is 2.36. The monoisotopic (exact) mass is 302 g/mol. The molecule has 0 spiro atoms. The lowest BCUT2D eigenvalue weighted by Crippen LogP contribution is -2.43. The van der Waals surface area contributed by atoms with E-state index in [1.165, 1.54) is 11.3 Å². The first-order valence-electron chi connectivity index (χ1n) is 7.13. The fourth-order valence-corrected chi connectivity index (χ4v) is 3.09. The Morgan fingerprint density at radius 1 is 1.38 bits per heavy atom. The van der Waals surface area contributed by atoms with E-state index >= 15 is 0 Å². The van der Waals surface area contributed by atoms with Crippen LogP contribution < -0.4 is 0 Å². The summed E-state index contributed by atoms with van der Waals surface area (Å²) in [5, 5.41) is 11.5. The smallest absolute Gasteiger partial charge is 0.273 e. The molecule has 5 heteroatoms. The van der Waals surface area contributed by atoms with Gasteiger partial charge in [-0.2, -0.15) is 0 Å². The summed E-state index contributed by atoms with van der Waals surface area (Å²) in [6.07, 6.45) is 2.17. The van der Waals surface area contributed by atoms with Crippen LogP contribution in [0.3, 0.4) is 0 Å². The minimum atomic E-state index is -0.112. The Balaban J connectivity index is 1.85. The molecule has 3 rings (SSSR count). The van der Waals surface area contributed by atoms with E-state index in [0.717, 1.165) is 18.4 Å². The van der Waals surface area contributed by atoms with Crippen molar-refractivity contribution in [1.29, 1.82) is 0 Å². The lowest BCUT2D eigenvalue weighted by molar-refractivity contribution is 0.0526. The van der Waals surface area contributed by atoms with Gasteiger partial charge in [-0.1, -0.05) is 30.3 Å². The number of hydrogen-bond acceptors (Lipinski definition) is 4. The molecule has 1 aromatic heterocycles. The lowest BCUT2D eigenvalue weighted by atomic mass is 10.1. The van der Waals surface area contributed by atoms with Crippen molar-refractivity contribution in [2.24, 2.45) is 5.92 Å². The SMILES string of the molecule is O=C(c1cscn1)N(Cc1ccccc1)[C@@H](CO)C1CC1. The average Bonchev–Trinajstić information content (AvgIpc) is 3.20. The van der Waals surface area contributed by atoms with Gasteiger partial charge >= 0.3 is 0 Å². The minimum absolute atomic E-state index is 0.00732. The summed E-state index contributed by atoms with van der Waals surface area (Å²) in [7, 11) is 0. The first-order valence-corrected chi connectivity index (χ1v) is 8.08. The molecule has 0 unspecified atom stereocenters. The predicted molar refractivity (Wildman–Crippen MR) is 82.0 cm³/mol. The molecule has 2 aromatic rings. The molecule has 0 aliphatic heterocycles. The number of aromatic nitrogens is 1. The maximum atomic E-state index is 12.7.